The van der Waals surface area contributed by atoms with Crippen molar-refractivity contribution >= 4 is 23.0 Å². The molecule has 0 radical (unpaired) electrons. The van der Waals surface area contributed by atoms with Gasteiger partial charge in [0.15, 0.2) is 5.82 Å². The number of carbonyl (C=O) groups excluding carboxylic acids is 1. The summed E-state index contributed by atoms with van der Waals surface area (Å²) in [6, 6.07) is 8.31. The van der Waals surface area contributed by atoms with E-state index in [4.69, 9.17) is 4.74 Å². The average Bonchev–Trinajstić information content (AvgIpc) is 3.16. The quantitative estimate of drug-likeness (QED) is 0.681. The third-order valence-corrected chi connectivity index (χ3v) is 4.36. The first kappa shape index (κ1) is 13.8. The number of aryl methyl sites for hydroxylation is 1. The Morgan fingerprint density at radius 1 is 1.30 bits per heavy atom. The van der Waals surface area contributed by atoms with Crippen LogP contribution in [-0.2, 0) is 11.2 Å². The number of ether oxygens (including phenoxy) is 1. The largest absolute Gasteiger partial charge is 0.465 e. The van der Waals surface area contributed by atoms with Crippen molar-refractivity contribution in [1.82, 2.24) is 14.6 Å². The van der Waals surface area contributed by atoms with Gasteiger partial charge in [-0.05, 0) is 30.5 Å². The lowest BCUT2D eigenvalue weighted by atomic mass is 10.1. The fraction of sp³-hybridized carbons (Fsp3) is 0.235. The molecule has 0 N–H and O–H groups in total. The normalized spacial score (nSPS) is 13.4. The monoisotopic (exact) mass is 308 g/mol. The van der Waals surface area contributed by atoms with E-state index in [1.54, 1.807) is 10.7 Å². The van der Waals surface area contributed by atoms with Crippen molar-refractivity contribution in [3.8, 4) is 0 Å². The topological polar surface area (TPSA) is 59.7 Å². The van der Waals surface area contributed by atoms with Crippen LogP contribution >= 0.6 is 0 Å². The van der Waals surface area contributed by atoms with Crippen LogP contribution in [0.5, 0.6) is 0 Å². The van der Waals surface area contributed by atoms with Gasteiger partial charge in [0.25, 0.3) is 0 Å². The highest BCUT2D eigenvalue weighted by Crippen LogP contribution is 2.36. The van der Waals surface area contributed by atoms with Crippen LogP contribution in [0, 0.1) is 6.92 Å². The van der Waals surface area contributed by atoms with Crippen LogP contribution in [0.4, 0.5) is 11.5 Å². The average molecular weight is 308 g/mol. The number of methoxy groups -OCH3 is 1. The molecule has 116 valence electrons. The molecule has 0 aliphatic carbocycles. The van der Waals surface area contributed by atoms with Gasteiger partial charge in [-0.15, -0.1) is 0 Å². The van der Waals surface area contributed by atoms with Crippen molar-refractivity contribution in [3.63, 3.8) is 0 Å². The Morgan fingerprint density at radius 2 is 2.13 bits per heavy atom. The van der Waals surface area contributed by atoms with Gasteiger partial charge in [-0.2, -0.15) is 5.10 Å². The Balaban J connectivity index is 1.92. The molecular formula is C17H16N4O2. The number of hydrogen-bond donors (Lipinski definition) is 0. The molecule has 3 heterocycles. The molecule has 0 saturated heterocycles. The number of carbonyl (C=O) groups is 1. The Morgan fingerprint density at radius 3 is 2.96 bits per heavy atom. The van der Waals surface area contributed by atoms with Crippen LogP contribution in [0.15, 0.2) is 36.8 Å². The molecule has 3 aromatic rings. The molecule has 1 aliphatic rings. The summed E-state index contributed by atoms with van der Waals surface area (Å²) in [5.41, 5.74) is 4.65. The molecule has 0 atom stereocenters. The molecule has 2 aromatic heterocycles. The third kappa shape index (κ3) is 1.98. The fourth-order valence-corrected chi connectivity index (χ4v) is 3.21. The molecule has 1 aromatic carbocycles. The van der Waals surface area contributed by atoms with Crippen LogP contribution in [0.25, 0.3) is 5.52 Å². The van der Waals surface area contributed by atoms with Crippen LogP contribution in [0.3, 0.4) is 0 Å². The maximum Gasteiger partial charge on any atom is 0.339 e. The number of anilines is 2. The second-order valence-electron chi connectivity index (χ2n) is 5.57. The highest BCUT2D eigenvalue weighted by Gasteiger charge is 2.25. The standard InChI is InChI=1S/C17H16N4O2/c1-11-13(17(22)23-2)9-21-15(11)16(18-10-19-21)20-8-7-12-5-3-4-6-14(12)20/h3-6,9-10H,7-8H2,1-2H3. The van der Waals surface area contributed by atoms with Crippen LogP contribution < -0.4 is 4.90 Å². The maximum absolute atomic E-state index is 11.9. The van der Waals surface area contributed by atoms with Gasteiger partial charge in [0, 0.05) is 18.4 Å². The molecule has 1 aliphatic heterocycles. The zero-order valence-corrected chi connectivity index (χ0v) is 13.0. The first-order chi connectivity index (χ1) is 11.2. The fourth-order valence-electron chi connectivity index (χ4n) is 3.21. The molecule has 0 amide bonds. The van der Waals surface area contributed by atoms with Crippen molar-refractivity contribution < 1.29 is 9.53 Å². The first-order valence-corrected chi connectivity index (χ1v) is 7.47. The van der Waals surface area contributed by atoms with Gasteiger partial charge in [0.2, 0.25) is 0 Å². The number of para-hydroxylation sites is 1. The minimum Gasteiger partial charge on any atom is -0.465 e. The summed E-state index contributed by atoms with van der Waals surface area (Å²) in [7, 11) is 1.38. The zero-order chi connectivity index (χ0) is 16.0. The molecule has 23 heavy (non-hydrogen) atoms. The van der Waals surface area contributed by atoms with Gasteiger partial charge >= 0.3 is 5.97 Å². The zero-order valence-electron chi connectivity index (χ0n) is 13.0. The van der Waals surface area contributed by atoms with E-state index in [-0.39, 0.29) is 5.97 Å². The molecule has 0 bridgehead atoms. The molecule has 0 unspecified atom stereocenters. The van der Waals surface area contributed by atoms with Gasteiger partial charge in [0.05, 0.1) is 12.7 Å². The summed E-state index contributed by atoms with van der Waals surface area (Å²) in [5.74, 6) is 0.457. The lowest BCUT2D eigenvalue weighted by molar-refractivity contribution is 0.0600. The lowest BCUT2D eigenvalue weighted by Gasteiger charge is -2.19. The Labute approximate surface area is 133 Å². The van der Waals surface area contributed by atoms with E-state index in [0.29, 0.717) is 5.56 Å². The number of benzene rings is 1. The predicted octanol–water partition coefficient (Wildman–Crippen LogP) is 2.52. The van der Waals surface area contributed by atoms with Gasteiger partial charge < -0.3 is 9.64 Å². The van der Waals surface area contributed by atoms with E-state index in [1.165, 1.54) is 19.0 Å². The van der Waals surface area contributed by atoms with Crippen molar-refractivity contribution in [2.24, 2.45) is 0 Å². The molecular weight excluding hydrogens is 292 g/mol. The molecule has 0 saturated carbocycles. The van der Waals surface area contributed by atoms with Crippen LogP contribution in [0.1, 0.15) is 21.5 Å². The molecule has 6 heteroatoms. The maximum atomic E-state index is 11.9. The molecule has 0 fully saturated rings. The lowest BCUT2D eigenvalue weighted by Crippen LogP contribution is -2.16. The van der Waals surface area contributed by atoms with E-state index in [9.17, 15) is 4.79 Å². The van der Waals surface area contributed by atoms with E-state index in [2.05, 4.69) is 33.2 Å². The number of rotatable bonds is 2. The summed E-state index contributed by atoms with van der Waals surface area (Å²) >= 11 is 0. The van der Waals surface area contributed by atoms with Crippen molar-refractivity contribution in [2.75, 3.05) is 18.6 Å². The van der Waals surface area contributed by atoms with Crippen molar-refractivity contribution in [3.05, 3.63) is 53.5 Å². The van der Waals surface area contributed by atoms with Crippen LogP contribution in [-0.4, -0.2) is 34.2 Å². The molecule has 4 rings (SSSR count). The number of esters is 1. The van der Waals surface area contributed by atoms with Gasteiger partial charge in [-0.3, -0.25) is 0 Å². The van der Waals surface area contributed by atoms with E-state index >= 15 is 0 Å². The van der Waals surface area contributed by atoms with Crippen LogP contribution in [0.2, 0.25) is 0 Å². The Bertz CT molecular complexity index is 916. The van der Waals surface area contributed by atoms with Crippen molar-refractivity contribution in [1.29, 1.82) is 0 Å². The smallest absolute Gasteiger partial charge is 0.339 e. The van der Waals surface area contributed by atoms with Gasteiger partial charge in [-0.25, -0.2) is 14.3 Å². The number of aromatic nitrogens is 3. The van der Waals surface area contributed by atoms with E-state index in [0.717, 1.165) is 35.6 Å². The number of fused-ring (bicyclic) bond motifs is 2. The summed E-state index contributed by atoms with van der Waals surface area (Å²) in [6.45, 7) is 2.76. The van der Waals surface area contributed by atoms with E-state index < -0.39 is 0 Å². The second-order valence-corrected chi connectivity index (χ2v) is 5.57. The van der Waals surface area contributed by atoms with Gasteiger partial charge in [-0.1, -0.05) is 18.2 Å². The highest BCUT2D eigenvalue weighted by molar-refractivity contribution is 5.96. The van der Waals surface area contributed by atoms with E-state index in [1.807, 2.05) is 13.0 Å². The third-order valence-electron chi connectivity index (χ3n) is 4.36. The van der Waals surface area contributed by atoms with Crippen molar-refractivity contribution in [2.45, 2.75) is 13.3 Å². The number of hydrogen-bond acceptors (Lipinski definition) is 5. The molecule has 6 nitrogen and oxygen atoms in total. The summed E-state index contributed by atoms with van der Waals surface area (Å²) in [6.07, 6.45) is 4.20. The SMILES string of the molecule is COC(=O)c1cn2ncnc(N3CCc4ccccc43)c2c1C. The Kier molecular flexibility index (Phi) is 3.04. The number of nitrogens with zero attached hydrogens (tertiary/aromatic N) is 4. The summed E-state index contributed by atoms with van der Waals surface area (Å²) in [5, 5.41) is 4.24. The molecule has 0 spiro atoms. The minimum atomic E-state index is -0.360. The predicted molar refractivity (Wildman–Crippen MR) is 86.2 cm³/mol. The minimum absolute atomic E-state index is 0.360. The summed E-state index contributed by atoms with van der Waals surface area (Å²) < 4.78 is 6.55. The second kappa shape index (κ2) is 5.08. The highest BCUT2D eigenvalue weighted by atomic mass is 16.5. The first-order valence-electron chi connectivity index (χ1n) is 7.47. The van der Waals surface area contributed by atoms with Gasteiger partial charge in [0.1, 0.15) is 11.8 Å². The summed E-state index contributed by atoms with van der Waals surface area (Å²) in [4.78, 5) is 18.6. The Hall–Kier alpha value is -2.89.